The topological polar surface area (TPSA) is 49.4 Å². The molecular formula is C21H36N4OS. The molecule has 0 bridgehead atoms. The third-order valence-electron chi connectivity index (χ3n) is 5.40. The molecule has 0 aromatic carbocycles. The lowest BCUT2D eigenvalue weighted by Crippen LogP contribution is -2.45. The van der Waals surface area contributed by atoms with Crippen molar-refractivity contribution in [1.82, 2.24) is 9.71 Å². The number of nitrogens with one attached hydrogen (secondary N) is 2. The van der Waals surface area contributed by atoms with Gasteiger partial charge in [-0.3, -0.25) is 4.72 Å². The van der Waals surface area contributed by atoms with E-state index in [1.54, 1.807) is 0 Å². The molecule has 1 aromatic heterocycles. The summed E-state index contributed by atoms with van der Waals surface area (Å²) < 4.78 is 9.45. The van der Waals surface area contributed by atoms with Gasteiger partial charge in [-0.1, -0.05) is 25.8 Å². The summed E-state index contributed by atoms with van der Waals surface area (Å²) >= 11 is 1.88. The van der Waals surface area contributed by atoms with Crippen LogP contribution in [-0.2, 0) is 4.74 Å². The highest BCUT2D eigenvalue weighted by Gasteiger charge is 2.23. The van der Waals surface area contributed by atoms with Crippen LogP contribution in [0.15, 0.2) is 18.3 Å². The number of pyridine rings is 1. The van der Waals surface area contributed by atoms with E-state index in [2.05, 4.69) is 59.8 Å². The summed E-state index contributed by atoms with van der Waals surface area (Å²) in [5.74, 6) is 1.82. The second-order valence-corrected chi connectivity index (χ2v) is 9.86. The van der Waals surface area contributed by atoms with Gasteiger partial charge in [-0.2, -0.15) is 0 Å². The predicted molar refractivity (Wildman–Crippen MR) is 117 cm³/mol. The van der Waals surface area contributed by atoms with Gasteiger partial charge >= 0.3 is 0 Å². The first kappa shape index (κ1) is 20.7. The van der Waals surface area contributed by atoms with Crippen molar-refractivity contribution in [2.45, 2.75) is 76.9 Å². The van der Waals surface area contributed by atoms with Crippen molar-refractivity contribution < 1.29 is 4.74 Å². The number of anilines is 2. The summed E-state index contributed by atoms with van der Waals surface area (Å²) in [6, 6.07) is 4.99. The van der Waals surface area contributed by atoms with Crippen LogP contribution in [0.4, 0.5) is 11.5 Å². The molecule has 1 aromatic rings. The van der Waals surface area contributed by atoms with Crippen LogP contribution >= 0.6 is 11.9 Å². The number of ether oxygens (including phenoxy) is 1. The number of rotatable bonds is 7. The van der Waals surface area contributed by atoms with Crippen LogP contribution in [0.2, 0.25) is 0 Å². The Labute approximate surface area is 169 Å². The summed E-state index contributed by atoms with van der Waals surface area (Å²) in [4.78, 5) is 7.01. The van der Waals surface area contributed by atoms with E-state index in [4.69, 9.17) is 4.74 Å². The highest BCUT2D eigenvalue weighted by Crippen LogP contribution is 2.26. The lowest BCUT2D eigenvalue weighted by atomic mass is 9.86. The van der Waals surface area contributed by atoms with E-state index in [1.807, 2.05) is 18.1 Å². The third-order valence-corrected chi connectivity index (χ3v) is 6.34. The van der Waals surface area contributed by atoms with Gasteiger partial charge in [0.05, 0.1) is 24.1 Å². The number of aromatic nitrogens is 1. The largest absolute Gasteiger partial charge is 0.384 e. The molecule has 1 aliphatic carbocycles. The highest BCUT2D eigenvalue weighted by atomic mass is 32.2. The molecule has 3 rings (SSSR count). The second kappa shape index (κ2) is 9.99. The first-order valence-corrected chi connectivity index (χ1v) is 11.4. The van der Waals surface area contributed by atoms with Crippen LogP contribution in [0, 0.1) is 5.92 Å². The Hall–Kier alpha value is -0.980. The number of hydrogen-bond acceptors (Lipinski definition) is 6. The van der Waals surface area contributed by atoms with Crippen molar-refractivity contribution in [3.05, 3.63) is 18.3 Å². The maximum Gasteiger partial charge on any atom is 0.128 e. The molecule has 2 fully saturated rings. The first-order chi connectivity index (χ1) is 13.0. The predicted octanol–water partition coefficient (Wildman–Crippen LogP) is 4.31. The molecule has 1 saturated carbocycles. The number of nitrogens with zero attached hydrogens (tertiary/aromatic N) is 2. The Kier molecular flexibility index (Phi) is 7.67. The quantitative estimate of drug-likeness (QED) is 0.674. The summed E-state index contributed by atoms with van der Waals surface area (Å²) in [6.45, 7) is 11.6. The summed E-state index contributed by atoms with van der Waals surface area (Å²) in [5.41, 5.74) is 1.13. The third kappa shape index (κ3) is 6.54. The Morgan fingerprint density at radius 1 is 1.15 bits per heavy atom. The van der Waals surface area contributed by atoms with Crippen molar-refractivity contribution in [3.63, 3.8) is 0 Å². The van der Waals surface area contributed by atoms with Gasteiger partial charge < -0.3 is 15.0 Å². The number of morpholine rings is 1. The van der Waals surface area contributed by atoms with E-state index in [-0.39, 0.29) is 12.2 Å². The SMILES string of the molecule is CC(C)SN[C@H]1CC[C@H](CNc2ccc(N3C[C@@H](C)O[C@@H](C)C3)nc2)CC1. The average Bonchev–Trinajstić information content (AvgIpc) is 2.65. The summed E-state index contributed by atoms with van der Waals surface area (Å²) in [7, 11) is 0. The Morgan fingerprint density at radius 2 is 1.85 bits per heavy atom. The lowest BCUT2D eigenvalue weighted by molar-refractivity contribution is -0.00545. The van der Waals surface area contributed by atoms with E-state index >= 15 is 0 Å². The van der Waals surface area contributed by atoms with Crippen LogP contribution in [0.1, 0.15) is 53.4 Å². The smallest absolute Gasteiger partial charge is 0.128 e. The van der Waals surface area contributed by atoms with E-state index in [0.717, 1.165) is 37.1 Å². The van der Waals surface area contributed by atoms with Crippen LogP contribution in [0.5, 0.6) is 0 Å². The van der Waals surface area contributed by atoms with Gasteiger partial charge in [0.25, 0.3) is 0 Å². The monoisotopic (exact) mass is 392 g/mol. The molecule has 6 heteroatoms. The van der Waals surface area contributed by atoms with Crippen LogP contribution in [0.3, 0.4) is 0 Å². The zero-order chi connectivity index (χ0) is 19.2. The zero-order valence-corrected chi connectivity index (χ0v) is 18.1. The second-order valence-electron chi connectivity index (χ2n) is 8.45. The standard InChI is InChI=1S/C21H36N4OS/c1-15(2)27-24-19-7-5-18(6-8-19)11-22-20-9-10-21(23-12-20)25-13-16(3)26-17(4)14-25/h9-10,12,15-19,22,24H,5-8,11,13-14H2,1-4H3/t16-,17+,18-,19-. The summed E-state index contributed by atoms with van der Waals surface area (Å²) in [6.07, 6.45) is 7.69. The molecule has 2 heterocycles. The molecule has 0 spiro atoms. The maximum absolute atomic E-state index is 5.81. The minimum Gasteiger partial charge on any atom is -0.384 e. The van der Waals surface area contributed by atoms with Gasteiger partial charge in [0.15, 0.2) is 0 Å². The van der Waals surface area contributed by atoms with Crippen molar-refractivity contribution in [1.29, 1.82) is 0 Å². The molecule has 152 valence electrons. The van der Waals surface area contributed by atoms with Crippen LogP contribution < -0.4 is 14.9 Å². The normalized spacial score (nSPS) is 29.1. The molecule has 0 unspecified atom stereocenters. The Bertz CT molecular complexity index is 550. The van der Waals surface area contributed by atoms with Crippen molar-refractivity contribution in [2.75, 3.05) is 29.9 Å². The molecule has 0 radical (unpaired) electrons. The Balaban J connectivity index is 1.40. The van der Waals surface area contributed by atoms with Crippen LogP contribution in [-0.4, -0.2) is 48.1 Å². The summed E-state index contributed by atoms with van der Waals surface area (Å²) in [5, 5.41) is 4.25. The van der Waals surface area contributed by atoms with E-state index in [9.17, 15) is 0 Å². The maximum atomic E-state index is 5.81. The van der Waals surface area contributed by atoms with Gasteiger partial charge in [0, 0.05) is 30.9 Å². The van der Waals surface area contributed by atoms with Crippen molar-refractivity contribution in [2.24, 2.45) is 5.92 Å². The zero-order valence-electron chi connectivity index (χ0n) is 17.3. The fraction of sp³-hybridized carbons (Fsp3) is 0.762. The van der Waals surface area contributed by atoms with Gasteiger partial charge in [0.2, 0.25) is 0 Å². The molecule has 27 heavy (non-hydrogen) atoms. The van der Waals surface area contributed by atoms with Gasteiger partial charge in [-0.25, -0.2) is 4.98 Å². The highest BCUT2D eigenvalue weighted by molar-refractivity contribution is 7.98. The molecular weight excluding hydrogens is 356 g/mol. The fourth-order valence-corrected chi connectivity index (χ4v) is 4.72. The fourth-order valence-electron chi connectivity index (χ4n) is 4.02. The van der Waals surface area contributed by atoms with E-state index in [1.165, 1.54) is 25.7 Å². The molecule has 1 aliphatic heterocycles. The van der Waals surface area contributed by atoms with Gasteiger partial charge in [0.1, 0.15) is 5.82 Å². The van der Waals surface area contributed by atoms with E-state index in [0.29, 0.717) is 11.3 Å². The molecule has 1 saturated heterocycles. The average molecular weight is 393 g/mol. The molecule has 2 aliphatic rings. The molecule has 5 nitrogen and oxygen atoms in total. The molecule has 2 atom stereocenters. The Morgan fingerprint density at radius 3 is 2.44 bits per heavy atom. The molecule has 2 N–H and O–H groups in total. The molecule has 0 amide bonds. The lowest BCUT2D eigenvalue weighted by Gasteiger charge is -2.36. The van der Waals surface area contributed by atoms with Crippen LogP contribution in [0.25, 0.3) is 0 Å². The van der Waals surface area contributed by atoms with Gasteiger partial charge in [-0.15, -0.1) is 0 Å². The van der Waals surface area contributed by atoms with Crippen molar-refractivity contribution in [3.8, 4) is 0 Å². The first-order valence-electron chi connectivity index (χ1n) is 10.5. The number of hydrogen-bond donors (Lipinski definition) is 2. The minimum atomic E-state index is 0.261. The minimum absolute atomic E-state index is 0.261. The van der Waals surface area contributed by atoms with Crippen molar-refractivity contribution >= 4 is 23.5 Å². The van der Waals surface area contributed by atoms with Gasteiger partial charge in [-0.05, 0) is 57.6 Å². The van der Waals surface area contributed by atoms with E-state index < -0.39 is 0 Å².